The Morgan fingerprint density at radius 3 is 2.38 bits per heavy atom. The first kappa shape index (κ1) is 29.5. The van der Waals surface area contributed by atoms with Gasteiger partial charge in [-0.2, -0.15) is 13.2 Å². The molecule has 1 aromatic carbocycles. The van der Waals surface area contributed by atoms with E-state index in [1.807, 2.05) is 6.92 Å². The van der Waals surface area contributed by atoms with Crippen LogP contribution >= 0.6 is 11.6 Å². The number of benzene rings is 1. The monoisotopic (exact) mass is 546 g/mol. The van der Waals surface area contributed by atoms with Crippen LogP contribution < -0.4 is 5.73 Å². The molecule has 3 rings (SSSR count). The number of likely N-dealkylation sites (N-methyl/N-ethyl adjacent to an activating group) is 1. The molecule has 2 aliphatic heterocycles. The third-order valence-corrected chi connectivity index (χ3v) is 7.64. The molecule has 2 aliphatic rings. The molecule has 0 spiro atoms. The zero-order chi connectivity index (χ0) is 27.2. The Bertz CT molecular complexity index is 930. The van der Waals surface area contributed by atoms with E-state index in [0.29, 0.717) is 25.6 Å². The molecule has 0 aliphatic carbocycles. The van der Waals surface area contributed by atoms with Gasteiger partial charge in [-0.1, -0.05) is 24.9 Å². The highest BCUT2D eigenvalue weighted by Gasteiger charge is 2.36. The van der Waals surface area contributed by atoms with Crippen molar-refractivity contribution in [3.05, 3.63) is 28.3 Å². The van der Waals surface area contributed by atoms with E-state index in [1.165, 1.54) is 6.07 Å². The van der Waals surface area contributed by atoms with Crippen molar-refractivity contribution in [3.63, 3.8) is 0 Å². The number of carbonyl (C=O) groups is 2. The molecule has 208 valence electrons. The summed E-state index contributed by atoms with van der Waals surface area (Å²) in [6, 6.07) is 2.67. The van der Waals surface area contributed by atoms with Crippen LogP contribution in [0.4, 0.5) is 18.9 Å². The van der Waals surface area contributed by atoms with Crippen molar-refractivity contribution in [1.82, 2.24) is 14.7 Å². The van der Waals surface area contributed by atoms with Gasteiger partial charge in [0.1, 0.15) is 0 Å². The fourth-order valence-electron chi connectivity index (χ4n) is 5.04. The van der Waals surface area contributed by atoms with Crippen molar-refractivity contribution in [3.8, 4) is 0 Å². The van der Waals surface area contributed by atoms with Crippen LogP contribution in [0.1, 0.15) is 50.2 Å². The number of piperazine rings is 1. The van der Waals surface area contributed by atoms with Gasteiger partial charge in [0.05, 0.1) is 35.2 Å². The third-order valence-electron chi connectivity index (χ3n) is 7.33. The number of carbonyl (C=O) groups excluding carboxylic acids is 2. The summed E-state index contributed by atoms with van der Waals surface area (Å²) >= 11 is 6.01. The van der Waals surface area contributed by atoms with Crippen LogP contribution in [0.5, 0.6) is 0 Å². The molecule has 1 amide bonds. The van der Waals surface area contributed by atoms with Crippen LogP contribution in [0.15, 0.2) is 12.1 Å². The maximum atomic E-state index is 13.5. The first-order chi connectivity index (χ1) is 17.5. The number of hydrogen-bond acceptors (Lipinski definition) is 6. The number of amides is 1. The van der Waals surface area contributed by atoms with Gasteiger partial charge in [0.15, 0.2) is 0 Å². The summed E-state index contributed by atoms with van der Waals surface area (Å²) in [7, 11) is 2.11. The van der Waals surface area contributed by atoms with Gasteiger partial charge < -0.3 is 20.3 Å². The number of nitrogen functional groups attached to an aromatic ring is 1. The van der Waals surface area contributed by atoms with Crippen LogP contribution in [0.3, 0.4) is 0 Å². The number of unbranched alkanes of at least 4 members (excludes halogenated alkanes) is 1. The van der Waals surface area contributed by atoms with E-state index in [0.717, 1.165) is 51.5 Å². The number of esters is 1. The average Bonchev–Trinajstić information content (AvgIpc) is 2.85. The van der Waals surface area contributed by atoms with E-state index >= 15 is 0 Å². The second-order valence-corrected chi connectivity index (χ2v) is 10.5. The molecule has 0 saturated carbocycles. The topological polar surface area (TPSA) is 79.1 Å². The Morgan fingerprint density at radius 2 is 1.78 bits per heavy atom. The fraction of sp³-hybridized carbons (Fsp3) is 0.692. The molecule has 2 saturated heterocycles. The zero-order valence-corrected chi connectivity index (χ0v) is 22.4. The van der Waals surface area contributed by atoms with Crippen LogP contribution in [0.25, 0.3) is 0 Å². The zero-order valence-electron chi connectivity index (χ0n) is 21.7. The molecule has 0 unspecified atom stereocenters. The Morgan fingerprint density at radius 1 is 1.14 bits per heavy atom. The van der Waals surface area contributed by atoms with Gasteiger partial charge in [0.25, 0.3) is 0 Å². The number of piperidine rings is 1. The summed E-state index contributed by atoms with van der Waals surface area (Å²) in [5, 5.41) is -0.227. The number of anilines is 1. The standard InChI is InChI=1S/C26H38ClF3N4O3/c1-3-4-13-37-23(35)17-19(14-18-15-21(26(28,29)30)24(31)22(27)16-18)25(36)34-7-5-20(6-8-34)33-11-9-32(2)10-12-33/h15-16,19-20H,3-14,17,31H2,1-2H3/t19-/m0/s1. The van der Waals surface area contributed by atoms with Gasteiger partial charge >= 0.3 is 12.1 Å². The highest BCUT2D eigenvalue weighted by molar-refractivity contribution is 6.33. The number of nitrogens with zero attached hydrogens (tertiary/aromatic N) is 3. The molecule has 2 N–H and O–H groups in total. The van der Waals surface area contributed by atoms with Gasteiger partial charge in [0.2, 0.25) is 5.91 Å². The molecule has 0 bridgehead atoms. The quantitative estimate of drug-likeness (QED) is 0.286. The molecular weight excluding hydrogens is 509 g/mol. The van der Waals surface area contributed by atoms with Crippen molar-refractivity contribution in [2.24, 2.45) is 5.92 Å². The largest absolute Gasteiger partial charge is 0.466 e. The summed E-state index contributed by atoms with van der Waals surface area (Å²) < 4.78 is 45.8. The number of hydrogen-bond donors (Lipinski definition) is 1. The van der Waals surface area contributed by atoms with Crippen molar-refractivity contribution in [1.29, 1.82) is 0 Å². The second-order valence-electron chi connectivity index (χ2n) is 10.1. The van der Waals surface area contributed by atoms with Crippen LogP contribution in [0, 0.1) is 5.92 Å². The van der Waals surface area contributed by atoms with Crippen LogP contribution in [-0.4, -0.2) is 85.5 Å². The summed E-state index contributed by atoms with van der Waals surface area (Å²) in [6.45, 7) is 7.35. The molecule has 1 aromatic rings. The Balaban J connectivity index is 1.72. The van der Waals surface area contributed by atoms with Crippen molar-refractivity contribution < 1.29 is 27.5 Å². The van der Waals surface area contributed by atoms with E-state index in [9.17, 15) is 22.8 Å². The molecule has 37 heavy (non-hydrogen) atoms. The maximum Gasteiger partial charge on any atom is 0.418 e. The lowest BCUT2D eigenvalue weighted by molar-refractivity contribution is -0.149. The predicted octanol–water partition coefficient (Wildman–Crippen LogP) is 4.07. The predicted molar refractivity (Wildman–Crippen MR) is 137 cm³/mol. The van der Waals surface area contributed by atoms with E-state index in [1.54, 1.807) is 4.90 Å². The van der Waals surface area contributed by atoms with E-state index in [2.05, 4.69) is 16.8 Å². The lowest BCUT2D eigenvalue weighted by Gasteiger charge is -2.42. The summed E-state index contributed by atoms with van der Waals surface area (Å²) in [6.07, 6.45) is -1.75. The Kier molecular flexibility index (Phi) is 10.5. The third kappa shape index (κ3) is 8.22. The highest BCUT2D eigenvalue weighted by atomic mass is 35.5. The van der Waals surface area contributed by atoms with Crippen molar-refractivity contribution >= 4 is 29.2 Å². The lowest BCUT2D eigenvalue weighted by atomic mass is 9.92. The van der Waals surface area contributed by atoms with E-state index < -0.39 is 29.3 Å². The fourth-order valence-corrected chi connectivity index (χ4v) is 5.29. The molecule has 2 fully saturated rings. The van der Waals surface area contributed by atoms with Gasteiger partial charge in [0, 0.05) is 45.3 Å². The number of ether oxygens (including phenoxy) is 1. The minimum absolute atomic E-state index is 0.0663. The lowest BCUT2D eigenvalue weighted by Crippen LogP contribution is -2.53. The smallest absolute Gasteiger partial charge is 0.418 e. The summed E-state index contributed by atoms with van der Waals surface area (Å²) in [5.41, 5.74) is 4.18. The minimum atomic E-state index is -4.69. The summed E-state index contributed by atoms with van der Waals surface area (Å²) in [4.78, 5) is 32.6. The van der Waals surface area contributed by atoms with E-state index in [4.69, 9.17) is 22.1 Å². The molecule has 0 aromatic heterocycles. The Labute approximate surface area is 222 Å². The molecular formula is C26H38ClF3N4O3. The average molecular weight is 547 g/mol. The van der Waals surface area contributed by atoms with Crippen molar-refractivity contribution in [2.45, 2.75) is 57.7 Å². The van der Waals surface area contributed by atoms with Crippen LogP contribution in [0.2, 0.25) is 5.02 Å². The van der Waals surface area contributed by atoms with Gasteiger partial charge in [-0.25, -0.2) is 0 Å². The van der Waals surface area contributed by atoms with Crippen molar-refractivity contribution in [2.75, 3.05) is 58.7 Å². The SMILES string of the molecule is CCCCOC(=O)C[C@H](Cc1cc(Cl)c(N)c(C(F)(F)F)c1)C(=O)N1CCC(N2CCN(C)CC2)CC1. The number of alkyl halides is 3. The molecule has 11 heteroatoms. The first-order valence-electron chi connectivity index (χ1n) is 13.0. The highest BCUT2D eigenvalue weighted by Crippen LogP contribution is 2.38. The van der Waals surface area contributed by atoms with E-state index in [-0.39, 0.29) is 35.9 Å². The Hall–Kier alpha value is -2.04. The second kappa shape index (κ2) is 13.2. The molecule has 7 nitrogen and oxygen atoms in total. The van der Waals surface area contributed by atoms with Gasteiger partial charge in [-0.15, -0.1) is 0 Å². The number of halogens is 4. The van der Waals surface area contributed by atoms with Gasteiger partial charge in [-0.3, -0.25) is 14.5 Å². The maximum absolute atomic E-state index is 13.5. The summed E-state index contributed by atoms with van der Waals surface area (Å²) in [5.74, 6) is -1.63. The van der Waals surface area contributed by atoms with Crippen LogP contribution in [-0.2, 0) is 26.9 Å². The molecule has 2 heterocycles. The molecule has 0 radical (unpaired) electrons. The van der Waals surface area contributed by atoms with Gasteiger partial charge in [-0.05, 0) is 50.4 Å². The number of rotatable bonds is 9. The number of likely N-dealkylation sites (tertiary alicyclic amines) is 1. The normalized spacial score (nSPS) is 19.1. The number of nitrogens with two attached hydrogens (primary N) is 1. The minimum Gasteiger partial charge on any atom is -0.466 e. The molecule has 1 atom stereocenters. The first-order valence-corrected chi connectivity index (χ1v) is 13.4.